The molecule has 0 amide bonds. The Bertz CT molecular complexity index is 346. The molecule has 0 aliphatic heterocycles. The van der Waals surface area contributed by atoms with Gasteiger partial charge in [0.1, 0.15) is 0 Å². The van der Waals surface area contributed by atoms with Crippen molar-refractivity contribution < 1.29 is 119 Å². The van der Waals surface area contributed by atoms with Gasteiger partial charge in [-0.2, -0.15) is 0 Å². The van der Waals surface area contributed by atoms with Crippen molar-refractivity contribution >= 4 is 56.9 Å². The Balaban J connectivity index is -0.0000000277. The second kappa shape index (κ2) is 16.7. The number of hydrogen-bond donors (Lipinski definition) is 0. The van der Waals surface area contributed by atoms with Crippen LogP contribution in [0.25, 0.3) is 0 Å². The van der Waals surface area contributed by atoms with Crippen molar-refractivity contribution in [3.8, 4) is 0 Å². The molecular formula is HEr2FO12Te3. The van der Waals surface area contributed by atoms with Gasteiger partial charge >= 0.3 is 171 Å². The van der Waals surface area contributed by atoms with E-state index in [0.29, 0.717) is 0 Å². The Hall–Kier alpha value is 3.35. The predicted molar refractivity (Wildman–Crippen MR) is 23.9 cm³/mol. The summed E-state index contributed by atoms with van der Waals surface area (Å²) < 4.78 is 104. The van der Waals surface area contributed by atoms with Gasteiger partial charge in [0.05, 0.1) is 0 Å². The zero-order valence-corrected chi connectivity index (χ0v) is 17.8. The van der Waals surface area contributed by atoms with E-state index in [1.54, 1.807) is 0 Å². The molecule has 18 heteroatoms. The molecule has 12 nitrogen and oxygen atoms in total. The number of halogens is 1. The van der Waals surface area contributed by atoms with E-state index in [9.17, 15) is 0 Å². The smallest absolute Gasteiger partial charge is 3.00 e. The van der Waals surface area contributed by atoms with Gasteiger partial charge in [-0.1, -0.05) is 0 Å². The Labute approximate surface area is 171 Å². The molecule has 0 rings (SSSR count). The third kappa shape index (κ3) is 580. The summed E-state index contributed by atoms with van der Waals surface area (Å²) in [7, 11) is 0. The molecule has 0 bridgehead atoms. The van der Waals surface area contributed by atoms with Crippen LogP contribution in [0.1, 0.15) is 0 Å². The van der Waals surface area contributed by atoms with Crippen LogP contribution in [-0.4, -0.2) is 56.9 Å². The van der Waals surface area contributed by atoms with Gasteiger partial charge in [0.2, 0.25) is 0 Å². The van der Waals surface area contributed by atoms with E-state index in [1.807, 2.05) is 0 Å². The van der Waals surface area contributed by atoms with Crippen LogP contribution in [0.4, 0.5) is 4.70 Å². The van der Waals surface area contributed by atoms with Gasteiger partial charge in [0, 0.05) is 0 Å². The van der Waals surface area contributed by atoms with Crippen LogP contribution in [0.3, 0.4) is 0 Å². The van der Waals surface area contributed by atoms with Crippen molar-refractivity contribution in [1.29, 1.82) is 0 Å². The van der Waals surface area contributed by atoms with E-state index < -0.39 is 56.9 Å². The molecule has 122 valence electrons. The van der Waals surface area contributed by atoms with Gasteiger partial charge in [0.25, 0.3) is 0 Å². The van der Waals surface area contributed by atoms with Gasteiger partial charge in [-0.05, 0) is 0 Å². The first kappa shape index (κ1) is 37.5. The minimum absolute atomic E-state index is 0. The molecule has 0 N–H and O–H groups in total. The van der Waals surface area contributed by atoms with Crippen LogP contribution >= 0.6 is 0 Å². The summed E-state index contributed by atoms with van der Waals surface area (Å²) in [5.74, 6) is 0. The van der Waals surface area contributed by atoms with E-state index in [0.717, 1.165) is 0 Å². The minimum atomic E-state index is -6.02. The molecule has 0 aromatic carbocycles. The minimum Gasteiger partial charge on any atom is 3.00 e. The maximum absolute atomic E-state index is 8.63. The van der Waals surface area contributed by atoms with Gasteiger partial charge in [0.15, 0.2) is 0 Å². The molecule has 0 heterocycles. The molecular weight excluding hydrogens is 928 g/mol. The SMILES string of the molecule is F.O=[Te](=O)([O-])[O-].O=[Te](=O)([O-])[O-].O=[Te](=O)([O-])[O-].[Er+3].[Er+3]. The molecule has 0 spiro atoms. The topological polar surface area (TPSA) is 241 Å². The molecule has 0 atom stereocenters. The molecule has 0 aromatic heterocycles. The Morgan fingerprint density at radius 3 is 0.444 bits per heavy atom. The summed E-state index contributed by atoms with van der Waals surface area (Å²) in [6.07, 6.45) is 0. The molecule has 0 unspecified atom stereocenters. The predicted octanol–water partition coefficient (Wildman–Crippen LogP) is -8.84. The summed E-state index contributed by atoms with van der Waals surface area (Å²) in [6, 6.07) is 0. The number of rotatable bonds is 0. The molecule has 18 heavy (non-hydrogen) atoms. The fourth-order valence-electron chi connectivity index (χ4n) is 0. The van der Waals surface area contributed by atoms with Gasteiger partial charge in [-0.3, -0.25) is 4.70 Å². The molecule has 0 saturated heterocycles. The van der Waals surface area contributed by atoms with Gasteiger partial charge in [-0.25, -0.2) is 0 Å². The van der Waals surface area contributed by atoms with Crippen molar-refractivity contribution in [2.45, 2.75) is 0 Å². The first-order chi connectivity index (χ1) is 6.00. The van der Waals surface area contributed by atoms with Crippen LogP contribution in [-0.2, 0) is 18.6 Å². The second-order valence-corrected chi connectivity index (χ2v) is 8.22. The van der Waals surface area contributed by atoms with Gasteiger partial charge in [-0.15, -0.1) is 0 Å². The number of hydrogen-bond acceptors (Lipinski definition) is 12. The van der Waals surface area contributed by atoms with E-state index in [-0.39, 0.29) is 79.3 Å². The first-order valence-corrected chi connectivity index (χ1v) is 13.4. The van der Waals surface area contributed by atoms with Crippen LogP contribution < -0.4 is 20.8 Å². The summed E-state index contributed by atoms with van der Waals surface area (Å²) >= 11 is -18.1. The van der Waals surface area contributed by atoms with Crippen LogP contribution in [0.2, 0.25) is 0 Å². The quantitative estimate of drug-likeness (QED) is 0.206. The standard InChI is InChI=1S/2Er.FH.3H2O4Te/c;;;3*1-5(2,3)4/h;;1H;3*(H2,1,2,3,4)/q2*+3;;;;/p-6. The average molecular weight is 929 g/mol. The molecule has 0 aromatic rings. The van der Waals surface area contributed by atoms with Gasteiger partial charge < -0.3 is 0 Å². The summed E-state index contributed by atoms with van der Waals surface area (Å²) in [6.45, 7) is 0. The molecule has 0 saturated carbocycles. The monoisotopic (exact) mass is 934 g/mol. The molecule has 2 radical (unpaired) electrons. The summed E-state index contributed by atoms with van der Waals surface area (Å²) in [4.78, 5) is 0. The Kier molecular flexibility index (Phi) is 34.9. The van der Waals surface area contributed by atoms with E-state index in [1.165, 1.54) is 0 Å². The van der Waals surface area contributed by atoms with Crippen LogP contribution in [0.5, 0.6) is 0 Å². The Morgan fingerprint density at radius 1 is 0.444 bits per heavy atom. The van der Waals surface area contributed by atoms with Crippen molar-refractivity contribution in [3.63, 3.8) is 0 Å². The zero-order chi connectivity index (χ0) is 13.5. The van der Waals surface area contributed by atoms with E-state index in [4.69, 9.17) is 39.5 Å². The first-order valence-electron chi connectivity index (χ1n) is 2.00. The fourth-order valence-corrected chi connectivity index (χ4v) is 0. The largest absolute Gasteiger partial charge is 3.00 e. The average Bonchev–Trinajstić information content (AvgIpc) is 1.41. The normalized spacial score (nSPS) is 9.67. The van der Waals surface area contributed by atoms with Crippen LogP contribution in [0, 0.1) is 74.6 Å². The summed E-state index contributed by atoms with van der Waals surface area (Å²) in [5, 5.41) is 0. The molecule has 0 fully saturated rings. The third-order valence-electron chi connectivity index (χ3n) is 0. The molecule has 0 aliphatic carbocycles. The Morgan fingerprint density at radius 2 is 0.444 bits per heavy atom. The van der Waals surface area contributed by atoms with E-state index >= 15 is 0 Å². The second-order valence-electron chi connectivity index (χ2n) is 1.22. The van der Waals surface area contributed by atoms with E-state index in [2.05, 4.69) is 0 Å². The zero-order valence-electron chi connectivity index (χ0n) is 7.11. The third-order valence-corrected chi connectivity index (χ3v) is 0. The summed E-state index contributed by atoms with van der Waals surface area (Å²) in [5.41, 5.74) is 0. The fraction of sp³-hybridized carbons (Fsp3) is 0. The van der Waals surface area contributed by atoms with Crippen molar-refractivity contribution in [2.75, 3.05) is 0 Å². The molecule has 0 aliphatic rings. The van der Waals surface area contributed by atoms with Crippen LogP contribution in [0.15, 0.2) is 0 Å². The van der Waals surface area contributed by atoms with Crippen molar-refractivity contribution in [2.24, 2.45) is 0 Å². The maximum Gasteiger partial charge on any atom is 3.00 e. The van der Waals surface area contributed by atoms with Crippen molar-refractivity contribution in [3.05, 3.63) is 0 Å². The maximum atomic E-state index is 8.63. The van der Waals surface area contributed by atoms with Crippen molar-refractivity contribution in [1.82, 2.24) is 0 Å².